The summed E-state index contributed by atoms with van der Waals surface area (Å²) < 4.78 is 2.17. The molecule has 0 unspecified atom stereocenters. The maximum atomic E-state index is 10.2. The highest BCUT2D eigenvalue weighted by Gasteiger charge is 2.21. The zero-order valence-corrected chi connectivity index (χ0v) is 19.4. The fraction of sp³-hybridized carbons (Fsp3) is 0.522. The third-order valence-electron chi connectivity index (χ3n) is 5.90. The fourth-order valence-corrected chi connectivity index (χ4v) is 4.29. The number of rotatable bonds is 8. The number of halogens is 1. The van der Waals surface area contributed by atoms with Crippen molar-refractivity contribution in [3.63, 3.8) is 0 Å². The number of imidazole rings is 1. The maximum absolute atomic E-state index is 10.2. The lowest BCUT2D eigenvalue weighted by atomic mass is 9.95. The highest BCUT2D eigenvalue weighted by Crippen LogP contribution is 2.32. The molecule has 0 aliphatic heterocycles. The average molecular weight is 459 g/mol. The van der Waals surface area contributed by atoms with Gasteiger partial charge in [-0.25, -0.2) is 4.98 Å². The Morgan fingerprint density at radius 1 is 1.16 bits per heavy atom. The van der Waals surface area contributed by atoms with Gasteiger partial charge in [-0.3, -0.25) is 0 Å². The van der Waals surface area contributed by atoms with Crippen LogP contribution in [-0.2, 0) is 6.54 Å². The van der Waals surface area contributed by atoms with Crippen LogP contribution in [0.25, 0.3) is 11.2 Å². The van der Waals surface area contributed by atoms with Crippen molar-refractivity contribution in [3.05, 3.63) is 35.1 Å². The van der Waals surface area contributed by atoms with E-state index in [1.54, 1.807) is 32.0 Å². The van der Waals surface area contributed by atoms with Crippen LogP contribution in [0.1, 0.15) is 64.0 Å². The number of fused-ring (bicyclic) bond motifs is 1. The van der Waals surface area contributed by atoms with Crippen LogP contribution in [0, 0.1) is 0 Å². The van der Waals surface area contributed by atoms with Crippen LogP contribution in [0.2, 0.25) is 5.02 Å². The van der Waals surface area contributed by atoms with E-state index in [2.05, 4.69) is 25.2 Å². The summed E-state index contributed by atoms with van der Waals surface area (Å²) >= 11 is 6.09. The van der Waals surface area contributed by atoms with Gasteiger partial charge in [-0.15, -0.1) is 0 Å². The molecule has 4 rings (SSSR count). The third-order valence-corrected chi connectivity index (χ3v) is 6.13. The molecule has 1 aliphatic rings. The number of aromatic nitrogens is 4. The Hall–Kier alpha value is -2.58. The number of nitrogens with one attached hydrogen (secondary N) is 2. The van der Waals surface area contributed by atoms with E-state index in [9.17, 15) is 10.2 Å². The number of phenolic OH excluding ortho intramolecular Hbond substituents is 1. The number of nitrogens with zero attached hydrogens (tertiary/aromatic N) is 4. The van der Waals surface area contributed by atoms with Crippen molar-refractivity contribution < 1.29 is 10.2 Å². The van der Waals surface area contributed by atoms with Gasteiger partial charge in [0, 0.05) is 29.7 Å². The number of aromatic hydroxyl groups is 1. The Bertz CT molecular complexity index is 1070. The second-order valence-corrected chi connectivity index (χ2v) is 9.56. The Morgan fingerprint density at radius 3 is 2.69 bits per heavy atom. The zero-order chi connectivity index (χ0) is 22.7. The predicted molar refractivity (Wildman–Crippen MR) is 127 cm³/mol. The lowest BCUT2D eigenvalue weighted by molar-refractivity contribution is 0.0748. The number of phenols is 1. The standard InChI is InChI=1S/C23H31ClN6O2/c1-23(2,32)10-11-25-22-28-20(26-13-15-12-16(24)8-9-18(15)31)19-21(29-22)30(14-27-19)17-6-4-3-5-7-17/h8-9,12,14,17,31-32H,3-7,10-11,13H2,1-2H3,(H2,25,26,28,29). The lowest BCUT2D eigenvalue weighted by Gasteiger charge is -2.23. The van der Waals surface area contributed by atoms with Crippen LogP contribution in [0.15, 0.2) is 24.5 Å². The van der Waals surface area contributed by atoms with E-state index >= 15 is 0 Å². The van der Waals surface area contributed by atoms with E-state index in [1.807, 2.05) is 6.33 Å². The first kappa shape index (κ1) is 22.6. The minimum absolute atomic E-state index is 0.170. The summed E-state index contributed by atoms with van der Waals surface area (Å²) in [5.74, 6) is 1.25. The quantitative estimate of drug-likeness (QED) is 0.381. The van der Waals surface area contributed by atoms with Crippen molar-refractivity contribution in [3.8, 4) is 5.75 Å². The van der Waals surface area contributed by atoms with Crippen LogP contribution in [-0.4, -0.2) is 41.9 Å². The number of benzene rings is 1. The van der Waals surface area contributed by atoms with Crippen LogP contribution < -0.4 is 10.6 Å². The third kappa shape index (κ3) is 5.42. The zero-order valence-electron chi connectivity index (χ0n) is 18.6. The Morgan fingerprint density at radius 2 is 1.94 bits per heavy atom. The Kier molecular flexibility index (Phi) is 6.71. The predicted octanol–water partition coefficient (Wildman–Crippen LogP) is 4.88. The average Bonchev–Trinajstić information content (AvgIpc) is 3.18. The molecule has 0 atom stereocenters. The first-order valence-electron chi connectivity index (χ1n) is 11.2. The first-order chi connectivity index (χ1) is 15.3. The largest absolute Gasteiger partial charge is 0.508 e. The minimum Gasteiger partial charge on any atom is -0.508 e. The summed E-state index contributed by atoms with van der Waals surface area (Å²) in [5, 5.41) is 27.3. The molecule has 4 N–H and O–H groups in total. The van der Waals surface area contributed by atoms with Gasteiger partial charge in [0.2, 0.25) is 5.95 Å². The second kappa shape index (κ2) is 9.50. The molecule has 32 heavy (non-hydrogen) atoms. The molecule has 0 radical (unpaired) electrons. The molecule has 9 heteroatoms. The van der Waals surface area contributed by atoms with Gasteiger partial charge < -0.3 is 25.4 Å². The van der Waals surface area contributed by atoms with Crippen LogP contribution >= 0.6 is 11.6 Å². The molecule has 2 heterocycles. The van der Waals surface area contributed by atoms with Crippen molar-refractivity contribution in [2.75, 3.05) is 17.2 Å². The van der Waals surface area contributed by atoms with Crippen LogP contribution in [0.4, 0.5) is 11.8 Å². The summed E-state index contributed by atoms with van der Waals surface area (Å²) in [7, 11) is 0. The summed E-state index contributed by atoms with van der Waals surface area (Å²) in [5.41, 5.74) is 1.39. The van der Waals surface area contributed by atoms with Gasteiger partial charge in [-0.05, 0) is 51.3 Å². The van der Waals surface area contributed by atoms with Gasteiger partial charge in [0.15, 0.2) is 17.0 Å². The molecule has 0 bridgehead atoms. The smallest absolute Gasteiger partial charge is 0.226 e. The molecule has 0 saturated heterocycles. The maximum Gasteiger partial charge on any atom is 0.226 e. The van der Waals surface area contributed by atoms with Gasteiger partial charge in [-0.2, -0.15) is 9.97 Å². The SMILES string of the molecule is CC(C)(O)CCNc1nc(NCc2cc(Cl)ccc2O)c2ncn(C3CCCCC3)c2n1. The monoisotopic (exact) mass is 458 g/mol. The molecule has 0 spiro atoms. The summed E-state index contributed by atoms with van der Waals surface area (Å²) in [6.45, 7) is 4.45. The second-order valence-electron chi connectivity index (χ2n) is 9.13. The summed E-state index contributed by atoms with van der Waals surface area (Å²) in [4.78, 5) is 14.0. The van der Waals surface area contributed by atoms with Gasteiger partial charge in [-0.1, -0.05) is 30.9 Å². The molecule has 8 nitrogen and oxygen atoms in total. The first-order valence-corrected chi connectivity index (χ1v) is 11.6. The van der Waals surface area contributed by atoms with E-state index in [1.165, 1.54) is 19.3 Å². The normalized spacial score (nSPS) is 15.2. The Labute approximate surface area is 193 Å². The Balaban J connectivity index is 1.64. The van der Waals surface area contributed by atoms with Gasteiger partial charge in [0.1, 0.15) is 5.75 Å². The van der Waals surface area contributed by atoms with Crippen LogP contribution in [0.3, 0.4) is 0 Å². The van der Waals surface area contributed by atoms with E-state index in [-0.39, 0.29) is 5.75 Å². The number of hydrogen-bond acceptors (Lipinski definition) is 7. The van der Waals surface area contributed by atoms with E-state index < -0.39 is 5.60 Å². The van der Waals surface area contributed by atoms with Crippen molar-refractivity contribution in [1.82, 2.24) is 19.5 Å². The van der Waals surface area contributed by atoms with Crippen molar-refractivity contribution in [2.24, 2.45) is 0 Å². The number of aliphatic hydroxyl groups is 1. The molecule has 0 amide bonds. The topological polar surface area (TPSA) is 108 Å². The van der Waals surface area contributed by atoms with Crippen molar-refractivity contribution in [1.29, 1.82) is 0 Å². The molecule has 1 saturated carbocycles. The molecule has 1 aliphatic carbocycles. The molecule has 1 aromatic carbocycles. The van der Waals surface area contributed by atoms with Crippen molar-refractivity contribution in [2.45, 2.75) is 70.6 Å². The summed E-state index contributed by atoms with van der Waals surface area (Å²) in [6.07, 6.45) is 8.37. The molecule has 172 valence electrons. The highest BCUT2D eigenvalue weighted by molar-refractivity contribution is 6.30. The number of anilines is 2. The molecule has 2 aromatic heterocycles. The fourth-order valence-electron chi connectivity index (χ4n) is 4.10. The van der Waals surface area contributed by atoms with E-state index in [0.717, 1.165) is 18.5 Å². The summed E-state index contributed by atoms with van der Waals surface area (Å²) in [6, 6.07) is 5.35. The van der Waals surface area contributed by atoms with Crippen LogP contribution in [0.5, 0.6) is 5.75 Å². The molecule has 3 aromatic rings. The van der Waals surface area contributed by atoms with Crippen molar-refractivity contribution >= 4 is 34.5 Å². The van der Waals surface area contributed by atoms with Gasteiger partial charge in [0.25, 0.3) is 0 Å². The molecular weight excluding hydrogens is 428 g/mol. The highest BCUT2D eigenvalue weighted by atomic mass is 35.5. The number of hydrogen-bond donors (Lipinski definition) is 4. The molecular formula is C23H31ClN6O2. The molecule has 1 fully saturated rings. The van der Waals surface area contributed by atoms with Gasteiger partial charge in [0.05, 0.1) is 11.9 Å². The minimum atomic E-state index is -0.772. The lowest BCUT2D eigenvalue weighted by Crippen LogP contribution is -2.23. The van der Waals surface area contributed by atoms with E-state index in [4.69, 9.17) is 16.6 Å². The van der Waals surface area contributed by atoms with E-state index in [0.29, 0.717) is 53.4 Å². The van der Waals surface area contributed by atoms with Gasteiger partial charge >= 0.3 is 0 Å².